The molecule has 1 aliphatic carbocycles. The maximum atomic E-state index is 13.4. The van der Waals surface area contributed by atoms with Crippen molar-refractivity contribution in [2.75, 3.05) is 5.32 Å². The number of amides is 1. The van der Waals surface area contributed by atoms with Crippen molar-refractivity contribution < 1.29 is 9.53 Å². The van der Waals surface area contributed by atoms with Crippen molar-refractivity contribution in [2.45, 2.75) is 32.3 Å². The predicted molar refractivity (Wildman–Crippen MR) is 160 cm³/mol. The Morgan fingerprint density at radius 3 is 2.59 bits per heavy atom. The largest absolute Gasteiger partial charge is 0.487 e. The molecule has 0 spiro atoms. The topological polar surface area (TPSA) is 50.7 Å². The molecule has 5 rings (SSSR count). The van der Waals surface area contributed by atoms with Gasteiger partial charge in [0, 0.05) is 31.8 Å². The Hall–Kier alpha value is -2.45. The molecule has 0 aliphatic heterocycles. The molecule has 4 aromatic rings. The molecule has 0 saturated carbocycles. The number of para-hydroxylation sites is 1. The van der Waals surface area contributed by atoms with Gasteiger partial charge in [-0.15, -0.1) is 11.3 Å². The number of carbonyl (C=O) groups excluding carboxylic acids is 1. The molecule has 8 heteroatoms. The van der Waals surface area contributed by atoms with Gasteiger partial charge >= 0.3 is 0 Å². The molecule has 0 saturated heterocycles. The minimum absolute atomic E-state index is 0.128. The Morgan fingerprint density at radius 2 is 1.81 bits per heavy atom. The first-order chi connectivity index (χ1) is 18.0. The number of ether oxygens (including phenoxy) is 1. The average molecular weight is 659 g/mol. The normalized spacial score (nSPS) is 12.9. The van der Waals surface area contributed by atoms with Gasteiger partial charge in [-0.05, 0) is 89.1 Å². The molecule has 0 unspecified atom stereocenters. The summed E-state index contributed by atoms with van der Waals surface area (Å²) in [5, 5.41) is 4.31. The van der Waals surface area contributed by atoms with Crippen LogP contribution >= 0.6 is 54.8 Å². The van der Waals surface area contributed by atoms with Crippen molar-refractivity contribution in [2.24, 2.45) is 4.99 Å². The van der Waals surface area contributed by atoms with E-state index in [-0.39, 0.29) is 5.91 Å². The highest BCUT2D eigenvalue weighted by molar-refractivity contribution is 9.10. The van der Waals surface area contributed by atoms with Crippen LogP contribution in [-0.4, -0.2) is 12.1 Å². The SMILES string of the molecule is O=C(Nc1ccccc1)c1c(N=Cc2cc(Cl)cc(Br)c2OCc2ccc(Br)cc2)sc2c1CCCC2. The molecule has 1 heterocycles. The van der Waals surface area contributed by atoms with Crippen LogP contribution in [-0.2, 0) is 19.4 Å². The molecular weight excluding hydrogens is 636 g/mol. The van der Waals surface area contributed by atoms with Crippen LogP contribution in [0.15, 0.2) is 80.7 Å². The van der Waals surface area contributed by atoms with E-state index in [0.717, 1.165) is 57.0 Å². The van der Waals surface area contributed by atoms with Crippen molar-refractivity contribution in [3.63, 3.8) is 0 Å². The number of halogens is 3. The fourth-order valence-electron chi connectivity index (χ4n) is 4.28. The van der Waals surface area contributed by atoms with Crippen molar-refractivity contribution in [3.8, 4) is 5.75 Å². The van der Waals surface area contributed by atoms with Crippen molar-refractivity contribution in [1.82, 2.24) is 0 Å². The van der Waals surface area contributed by atoms with Gasteiger partial charge in [0.15, 0.2) is 0 Å². The second kappa shape index (κ2) is 11.9. The van der Waals surface area contributed by atoms with Gasteiger partial charge < -0.3 is 10.1 Å². The number of aliphatic imine (C=N–C) groups is 1. The monoisotopic (exact) mass is 656 g/mol. The van der Waals surface area contributed by atoms with Crippen LogP contribution in [0, 0.1) is 0 Å². The molecule has 4 nitrogen and oxygen atoms in total. The third-order valence-electron chi connectivity index (χ3n) is 6.07. The number of nitrogens with one attached hydrogen (secondary N) is 1. The molecule has 0 atom stereocenters. The van der Waals surface area contributed by atoms with Crippen LogP contribution < -0.4 is 10.1 Å². The minimum Gasteiger partial charge on any atom is -0.487 e. The molecule has 1 N–H and O–H groups in total. The summed E-state index contributed by atoms with van der Waals surface area (Å²) in [4.78, 5) is 19.5. The van der Waals surface area contributed by atoms with Crippen LogP contribution in [0.2, 0.25) is 5.02 Å². The number of thiophene rings is 1. The zero-order valence-electron chi connectivity index (χ0n) is 19.8. The molecule has 1 amide bonds. The van der Waals surface area contributed by atoms with E-state index in [2.05, 4.69) is 37.2 Å². The van der Waals surface area contributed by atoms with Gasteiger partial charge in [-0.1, -0.05) is 57.9 Å². The molecule has 0 bridgehead atoms. The van der Waals surface area contributed by atoms with E-state index in [1.165, 1.54) is 4.88 Å². The Balaban J connectivity index is 1.46. The van der Waals surface area contributed by atoms with Crippen molar-refractivity contribution in [3.05, 3.63) is 108 Å². The molecule has 188 valence electrons. The van der Waals surface area contributed by atoms with Crippen molar-refractivity contribution >= 4 is 77.6 Å². The summed E-state index contributed by atoms with van der Waals surface area (Å²) >= 11 is 15.0. The number of aryl methyl sites for hydroxylation is 1. The first-order valence-electron chi connectivity index (χ1n) is 11.9. The van der Waals surface area contributed by atoms with E-state index in [1.54, 1.807) is 23.6 Å². The van der Waals surface area contributed by atoms with Gasteiger partial charge in [0.1, 0.15) is 17.4 Å². The first-order valence-corrected chi connectivity index (χ1v) is 14.7. The van der Waals surface area contributed by atoms with Crippen molar-refractivity contribution in [1.29, 1.82) is 0 Å². The van der Waals surface area contributed by atoms with Crippen LogP contribution in [0.1, 0.15) is 44.8 Å². The van der Waals surface area contributed by atoms with Gasteiger partial charge in [-0.3, -0.25) is 4.79 Å². The Kier molecular flexibility index (Phi) is 8.45. The highest BCUT2D eigenvalue weighted by atomic mass is 79.9. The summed E-state index contributed by atoms with van der Waals surface area (Å²) < 4.78 is 7.95. The summed E-state index contributed by atoms with van der Waals surface area (Å²) in [5.41, 5.74) is 4.32. The summed E-state index contributed by atoms with van der Waals surface area (Å²) in [6.07, 6.45) is 5.82. The van der Waals surface area contributed by atoms with Crippen LogP contribution in [0.5, 0.6) is 5.75 Å². The first kappa shape index (κ1) is 26.2. The molecule has 0 radical (unpaired) electrons. The quantitative estimate of drug-likeness (QED) is 0.201. The highest BCUT2D eigenvalue weighted by Gasteiger charge is 2.25. The number of hydrogen-bond acceptors (Lipinski definition) is 4. The van der Waals surface area contributed by atoms with E-state index in [4.69, 9.17) is 21.3 Å². The smallest absolute Gasteiger partial charge is 0.259 e. The van der Waals surface area contributed by atoms with Crippen LogP contribution in [0.3, 0.4) is 0 Å². The lowest BCUT2D eigenvalue weighted by Gasteiger charge is -2.13. The second-order valence-corrected chi connectivity index (χ2v) is 12.0. The molecule has 1 aromatic heterocycles. The minimum atomic E-state index is -0.128. The number of benzene rings is 3. The standard InChI is InChI=1S/C29H23Br2ClN2O2S/c30-20-12-10-18(11-13-20)17-36-27-19(14-21(32)15-24(27)31)16-33-29-26(23-8-4-5-9-25(23)37-29)28(35)34-22-6-2-1-3-7-22/h1-3,6-7,10-16H,4-5,8-9,17H2,(H,34,35). The molecule has 0 fully saturated rings. The van der Waals surface area contributed by atoms with E-state index in [9.17, 15) is 4.79 Å². The van der Waals surface area contributed by atoms with E-state index in [0.29, 0.717) is 27.9 Å². The zero-order chi connectivity index (χ0) is 25.8. The Morgan fingerprint density at radius 1 is 1.05 bits per heavy atom. The van der Waals surface area contributed by atoms with E-state index >= 15 is 0 Å². The maximum Gasteiger partial charge on any atom is 0.259 e. The maximum absolute atomic E-state index is 13.4. The van der Waals surface area contributed by atoms with Gasteiger partial charge in [0.2, 0.25) is 0 Å². The number of rotatable bonds is 7. The highest BCUT2D eigenvalue weighted by Crippen LogP contribution is 2.41. The Bertz CT molecular complexity index is 1450. The average Bonchev–Trinajstić information content (AvgIpc) is 3.27. The van der Waals surface area contributed by atoms with Crippen LogP contribution in [0.4, 0.5) is 10.7 Å². The fourth-order valence-corrected chi connectivity index (χ4v) is 6.73. The van der Waals surface area contributed by atoms with E-state index < -0.39 is 0 Å². The summed E-state index contributed by atoms with van der Waals surface area (Å²) in [5.74, 6) is 0.518. The van der Waals surface area contributed by atoms with Gasteiger partial charge in [0.25, 0.3) is 5.91 Å². The third-order valence-corrected chi connectivity index (χ3v) is 8.60. The second-order valence-electron chi connectivity index (χ2n) is 8.69. The number of fused-ring (bicyclic) bond motifs is 1. The molecule has 37 heavy (non-hydrogen) atoms. The lowest BCUT2D eigenvalue weighted by molar-refractivity contribution is 0.102. The predicted octanol–water partition coefficient (Wildman–Crippen LogP) is 9.39. The lowest BCUT2D eigenvalue weighted by atomic mass is 9.95. The lowest BCUT2D eigenvalue weighted by Crippen LogP contribution is -2.14. The van der Waals surface area contributed by atoms with Gasteiger partial charge in [-0.2, -0.15) is 0 Å². The summed E-state index contributed by atoms with van der Waals surface area (Å²) in [7, 11) is 0. The number of nitrogens with zero attached hydrogens (tertiary/aromatic N) is 1. The molecule has 3 aromatic carbocycles. The van der Waals surface area contributed by atoms with E-state index in [1.807, 2.05) is 60.7 Å². The fraction of sp³-hybridized carbons (Fsp3) is 0.172. The number of carbonyl (C=O) groups is 1. The van der Waals surface area contributed by atoms with Crippen LogP contribution in [0.25, 0.3) is 0 Å². The number of hydrogen-bond donors (Lipinski definition) is 1. The Labute approximate surface area is 242 Å². The van der Waals surface area contributed by atoms with Gasteiger partial charge in [0.05, 0.1) is 10.0 Å². The zero-order valence-corrected chi connectivity index (χ0v) is 24.5. The molecule has 1 aliphatic rings. The summed E-state index contributed by atoms with van der Waals surface area (Å²) in [6.45, 7) is 0.395. The summed E-state index contributed by atoms with van der Waals surface area (Å²) in [6, 6.07) is 21.1. The number of anilines is 1. The third kappa shape index (κ3) is 6.34. The molecular formula is C29H23Br2ClN2O2S. The van der Waals surface area contributed by atoms with Gasteiger partial charge in [-0.25, -0.2) is 4.99 Å².